The number of Topliss-reactive ketones (excluding diaryl/α,β-unsaturated/α-hetero) is 1. The fourth-order valence-electron chi connectivity index (χ4n) is 1.62. The number of hydrogen-bond donors (Lipinski definition) is 0. The maximum Gasteiger partial charge on any atom is 0.253 e. The van der Waals surface area contributed by atoms with Crippen molar-refractivity contribution in [3.63, 3.8) is 0 Å². The first-order chi connectivity index (χ1) is 8.82. The second-order valence-corrected chi connectivity index (χ2v) is 5.55. The van der Waals surface area contributed by atoms with E-state index in [9.17, 15) is 14.4 Å². The third-order valence-corrected chi connectivity index (χ3v) is 2.89. The van der Waals surface area contributed by atoms with E-state index in [0.717, 1.165) is 4.90 Å². The molecule has 1 rings (SSSR count). The summed E-state index contributed by atoms with van der Waals surface area (Å²) >= 11 is 0. The van der Waals surface area contributed by atoms with Gasteiger partial charge in [0.2, 0.25) is 0 Å². The summed E-state index contributed by atoms with van der Waals surface area (Å²) in [5.74, 6) is -0.377. The lowest BCUT2D eigenvalue weighted by molar-refractivity contribution is -0.137. The molecular weight excluding hydrogens is 246 g/mol. The molecule has 0 atom stereocenters. The summed E-state index contributed by atoms with van der Waals surface area (Å²) in [5, 5.41) is 0. The molecule has 5 nitrogen and oxygen atoms in total. The molecule has 2 amide bonds. The predicted octanol–water partition coefficient (Wildman–Crippen LogP) is 1.32. The second kappa shape index (κ2) is 6.61. The number of imide groups is 1. The van der Waals surface area contributed by atoms with Gasteiger partial charge in [-0.25, -0.2) is 0 Å². The van der Waals surface area contributed by atoms with Gasteiger partial charge in [0.1, 0.15) is 5.78 Å². The van der Waals surface area contributed by atoms with Gasteiger partial charge in [-0.05, 0) is 6.42 Å². The fraction of sp³-hybridized carbons (Fsp3) is 0.643. The van der Waals surface area contributed by atoms with Crippen molar-refractivity contribution in [1.82, 2.24) is 4.90 Å². The Kier molecular flexibility index (Phi) is 5.42. The molecular formula is C14H21NO4. The molecule has 0 radical (unpaired) electrons. The highest BCUT2D eigenvalue weighted by Crippen LogP contribution is 2.17. The molecule has 0 N–H and O–H groups in total. The number of nitrogens with zero attached hydrogens (tertiary/aromatic N) is 1. The maximum absolute atomic E-state index is 11.6. The second-order valence-electron chi connectivity index (χ2n) is 5.55. The molecule has 1 aliphatic heterocycles. The Balaban J connectivity index is 2.08. The van der Waals surface area contributed by atoms with Crippen LogP contribution in [0.5, 0.6) is 0 Å². The van der Waals surface area contributed by atoms with Gasteiger partial charge >= 0.3 is 0 Å². The third-order valence-electron chi connectivity index (χ3n) is 2.89. The van der Waals surface area contributed by atoms with Crippen molar-refractivity contribution in [2.24, 2.45) is 5.41 Å². The van der Waals surface area contributed by atoms with Crippen LogP contribution in [0.1, 0.15) is 33.6 Å². The van der Waals surface area contributed by atoms with Gasteiger partial charge in [0.25, 0.3) is 11.8 Å². The molecule has 5 heteroatoms. The number of carbonyl (C=O) groups excluding carboxylic acids is 3. The lowest BCUT2D eigenvalue weighted by Crippen LogP contribution is -2.33. The first-order valence-electron chi connectivity index (χ1n) is 6.47. The van der Waals surface area contributed by atoms with Gasteiger partial charge < -0.3 is 4.74 Å². The summed E-state index contributed by atoms with van der Waals surface area (Å²) in [7, 11) is 0. The van der Waals surface area contributed by atoms with Gasteiger partial charge in [0, 0.05) is 30.6 Å². The van der Waals surface area contributed by atoms with Gasteiger partial charge in [0.05, 0.1) is 13.2 Å². The highest BCUT2D eigenvalue weighted by molar-refractivity contribution is 6.12. The van der Waals surface area contributed by atoms with Gasteiger partial charge in [-0.2, -0.15) is 0 Å². The van der Waals surface area contributed by atoms with Crippen LogP contribution in [0.3, 0.4) is 0 Å². The molecule has 0 aromatic rings. The summed E-state index contributed by atoms with van der Waals surface area (Å²) in [6.07, 6.45) is 3.66. The van der Waals surface area contributed by atoms with Crippen LogP contribution in [-0.4, -0.2) is 42.3 Å². The van der Waals surface area contributed by atoms with E-state index in [1.807, 2.05) is 20.8 Å². The topological polar surface area (TPSA) is 63.7 Å². The van der Waals surface area contributed by atoms with Crippen molar-refractivity contribution in [1.29, 1.82) is 0 Å². The van der Waals surface area contributed by atoms with Crippen LogP contribution < -0.4 is 0 Å². The Morgan fingerprint density at radius 2 is 1.74 bits per heavy atom. The van der Waals surface area contributed by atoms with Crippen LogP contribution in [0.4, 0.5) is 0 Å². The van der Waals surface area contributed by atoms with E-state index in [1.54, 1.807) is 0 Å². The smallest absolute Gasteiger partial charge is 0.253 e. The molecule has 1 heterocycles. The summed E-state index contributed by atoms with van der Waals surface area (Å²) in [6.45, 7) is 6.72. The van der Waals surface area contributed by atoms with Crippen LogP contribution in [0, 0.1) is 5.41 Å². The van der Waals surface area contributed by atoms with Gasteiger partial charge in [-0.15, -0.1) is 0 Å². The van der Waals surface area contributed by atoms with Crippen LogP contribution in [-0.2, 0) is 19.1 Å². The molecule has 0 saturated heterocycles. The van der Waals surface area contributed by atoms with E-state index >= 15 is 0 Å². The molecule has 0 fully saturated rings. The standard InChI is InChI=1S/C14H21NO4/c1-14(2,3)11(16)5-4-9-19-10-8-15-12(17)6-7-13(15)18/h6-7H,4-5,8-10H2,1-3H3. The van der Waals surface area contributed by atoms with Gasteiger partial charge in [-0.1, -0.05) is 20.8 Å². The molecule has 0 bridgehead atoms. The number of amides is 2. The lowest BCUT2D eigenvalue weighted by Gasteiger charge is -2.16. The number of carbonyl (C=O) groups is 3. The number of rotatable bonds is 7. The van der Waals surface area contributed by atoms with Crippen LogP contribution in [0.15, 0.2) is 12.2 Å². The average molecular weight is 267 g/mol. The van der Waals surface area contributed by atoms with E-state index in [1.165, 1.54) is 12.2 Å². The van der Waals surface area contributed by atoms with Gasteiger partial charge in [0.15, 0.2) is 0 Å². The molecule has 0 aromatic carbocycles. The van der Waals surface area contributed by atoms with Crippen LogP contribution in [0.25, 0.3) is 0 Å². The van der Waals surface area contributed by atoms with Crippen molar-refractivity contribution in [3.8, 4) is 0 Å². The minimum absolute atomic E-state index is 0.213. The van der Waals surface area contributed by atoms with Crippen LogP contribution >= 0.6 is 0 Å². The van der Waals surface area contributed by atoms with E-state index in [-0.39, 0.29) is 29.6 Å². The Hall–Kier alpha value is -1.49. The van der Waals surface area contributed by atoms with E-state index in [4.69, 9.17) is 4.74 Å². The Labute approximate surface area is 113 Å². The van der Waals surface area contributed by atoms with Crippen molar-refractivity contribution < 1.29 is 19.1 Å². The molecule has 19 heavy (non-hydrogen) atoms. The predicted molar refractivity (Wildman–Crippen MR) is 70.4 cm³/mol. The molecule has 0 aromatic heterocycles. The minimum atomic E-state index is -0.305. The van der Waals surface area contributed by atoms with E-state index in [2.05, 4.69) is 0 Å². The summed E-state index contributed by atoms with van der Waals surface area (Å²) in [4.78, 5) is 35.2. The van der Waals surface area contributed by atoms with Crippen LogP contribution in [0.2, 0.25) is 0 Å². The number of hydrogen-bond acceptors (Lipinski definition) is 4. The molecule has 0 unspecified atom stereocenters. The van der Waals surface area contributed by atoms with Crippen molar-refractivity contribution in [3.05, 3.63) is 12.2 Å². The number of ether oxygens (including phenoxy) is 1. The lowest BCUT2D eigenvalue weighted by atomic mass is 9.88. The average Bonchev–Trinajstić information content (AvgIpc) is 2.63. The van der Waals surface area contributed by atoms with Crippen molar-refractivity contribution in [2.45, 2.75) is 33.6 Å². The first kappa shape index (κ1) is 15.6. The molecule has 0 saturated carbocycles. The number of ketones is 1. The Morgan fingerprint density at radius 3 is 2.26 bits per heavy atom. The normalized spacial score (nSPS) is 15.4. The molecule has 0 aliphatic carbocycles. The zero-order chi connectivity index (χ0) is 14.5. The molecule has 1 aliphatic rings. The van der Waals surface area contributed by atoms with Gasteiger partial charge in [-0.3, -0.25) is 19.3 Å². The quantitative estimate of drug-likeness (QED) is 0.515. The van der Waals surface area contributed by atoms with E-state index in [0.29, 0.717) is 26.1 Å². The zero-order valence-corrected chi connectivity index (χ0v) is 11.8. The SMILES string of the molecule is CC(C)(C)C(=O)CCCOCCN1C(=O)C=CC1=O. The van der Waals surface area contributed by atoms with Crippen molar-refractivity contribution in [2.75, 3.05) is 19.8 Å². The highest BCUT2D eigenvalue weighted by atomic mass is 16.5. The summed E-state index contributed by atoms with van der Waals surface area (Å²) < 4.78 is 5.33. The minimum Gasteiger partial charge on any atom is -0.380 e. The first-order valence-corrected chi connectivity index (χ1v) is 6.47. The highest BCUT2D eigenvalue weighted by Gasteiger charge is 2.22. The zero-order valence-electron chi connectivity index (χ0n) is 11.8. The summed E-state index contributed by atoms with van der Waals surface area (Å²) in [5.41, 5.74) is -0.305. The maximum atomic E-state index is 11.6. The van der Waals surface area contributed by atoms with Crippen molar-refractivity contribution >= 4 is 17.6 Å². The largest absolute Gasteiger partial charge is 0.380 e. The molecule has 106 valence electrons. The Bertz CT molecular complexity index is 375. The molecule has 0 spiro atoms. The Morgan fingerprint density at radius 1 is 1.16 bits per heavy atom. The van der Waals surface area contributed by atoms with E-state index < -0.39 is 0 Å². The summed E-state index contributed by atoms with van der Waals surface area (Å²) in [6, 6.07) is 0. The third kappa shape index (κ3) is 4.95. The fourth-order valence-corrected chi connectivity index (χ4v) is 1.62. The monoisotopic (exact) mass is 267 g/mol.